The molecule has 3 nitrogen and oxygen atoms in total. The molecule has 0 radical (unpaired) electrons. The molecule has 3 aromatic rings. The van der Waals surface area contributed by atoms with E-state index in [1.54, 1.807) is 31.2 Å². The summed E-state index contributed by atoms with van der Waals surface area (Å²) in [6, 6.07) is 23.9. The predicted molar refractivity (Wildman–Crippen MR) is 114 cm³/mol. The second kappa shape index (κ2) is 9.85. The van der Waals surface area contributed by atoms with Crippen LogP contribution in [0.3, 0.4) is 0 Å². The van der Waals surface area contributed by atoms with E-state index in [0.717, 1.165) is 17.1 Å². The van der Waals surface area contributed by atoms with Crippen LogP contribution in [0.1, 0.15) is 34.0 Å². The summed E-state index contributed by atoms with van der Waals surface area (Å²) in [4.78, 5) is 12.3. The monoisotopic (exact) mass is 392 g/mol. The van der Waals surface area contributed by atoms with E-state index in [9.17, 15) is 9.18 Å². The Labute approximate surface area is 168 Å². The minimum absolute atomic E-state index is 0.273. The predicted octanol–water partition coefficient (Wildman–Crippen LogP) is 5.41. The maximum absolute atomic E-state index is 13.0. The first-order valence-corrected chi connectivity index (χ1v) is 10.1. The van der Waals surface area contributed by atoms with Gasteiger partial charge >= 0.3 is 0 Å². The summed E-state index contributed by atoms with van der Waals surface area (Å²) in [5.41, 5.74) is 6.94. The molecule has 3 rings (SSSR count). The Morgan fingerprint density at radius 2 is 1.43 bits per heavy atom. The molecule has 0 spiro atoms. The van der Waals surface area contributed by atoms with Crippen molar-refractivity contribution in [1.82, 2.24) is 5.43 Å². The van der Waals surface area contributed by atoms with Gasteiger partial charge in [0.25, 0.3) is 5.91 Å². The van der Waals surface area contributed by atoms with Gasteiger partial charge < -0.3 is 0 Å². The summed E-state index contributed by atoms with van der Waals surface area (Å²) < 4.78 is 13.0. The summed E-state index contributed by atoms with van der Waals surface area (Å²) >= 11 is 1.84. The Morgan fingerprint density at radius 1 is 0.857 bits per heavy atom. The second-order valence-electron chi connectivity index (χ2n) is 6.32. The van der Waals surface area contributed by atoms with Crippen molar-refractivity contribution in [1.29, 1.82) is 0 Å². The number of benzene rings is 3. The number of hydrazone groups is 1. The highest BCUT2D eigenvalue weighted by molar-refractivity contribution is 7.97. The molecule has 0 heterocycles. The van der Waals surface area contributed by atoms with Gasteiger partial charge in [-0.15, -0.1) is 0 Å². The quantitative estimate of drug-likeness (QED) is 0.431. The molecule has 0 saturated heterocycles. The van der Waals surface area contributed by atoms with Crippen LogP contribution in [0.25, 0.3) is 0 Å². The van der Waals surface area contributed by atoms with E-state index in [1.807, 2.05) is 42.1 Å². The van der Waals surface area contributed by atoms with Crippen LogP contribution in [0, 0.1) is 5.82 Å². The van der Waals surface area contributed by atoms with Crippen molar-refractivity contribution in [3.8, 4) is 0 Å². The smallest absolute Gasteiger partial charge is 0.267 e. The van der Waals surface area contributed by atoms with E-state index < -0.39 is 0 Å². The zero-order chi connectivity index (χ0) is 19.8. The molecule has 0 atom stereocenters. The van der Waals surface area contributed by atoms with Gasteiger partial charge in [0.05, 0.1) is 5.71 Å². The minimum atomic E-state index is -0.303. The molecule has 28 heavy (non-hydrogen) atoms. The number of nitrogens with zero attached hydrogens (tertiary/aromatic N) is 1. The fourth-order valence-corrected chi connectivity index (χ4v) is 3.53. The molecule has 0 fully saturated rings. The molecule has 1 N–H and O–H groups in total. The van der Waals surface area contributed by atoms with Crippen molar-refractivity contribution in [3.05, 3.63) is 107 Å². The normalized spacial score (nSPS) is 11.3. The molecule has 0 saturated carbocycles. The maximum atomic E-state index is 13.0. The Hall–Kier alpha value is -2.92. The van der Waals surface area contributed by atoms with Gasteiger partial charge in [0.1, 0.15) is 5.82 Å². The van der Waals surface area contributed by atoms with Crippen molar-refractivity contribution in [2.45, 2.75) is 18.4 Å². The Bertz CT molecular complexity index is 939. The number of hydrogen-bond acceptors (Lipinski definition) is 3. The SMILES string of the molecule is C/C(=N/NC(=O)c1ccc(CSCc2ccccc2)cc1)c1ccc(F)cc1. The molecule has 5 heteroatoms. The molecule has 0 aliphatic heterocycles. The molecule has 0 bridgehead atoms. The van der Waals surface area contributed by atoms with Gasteiger partial charge in [-0.1, -0.05) is 54.6 Å². The van der Waals surface area contributed by atoms with Gasteiger partial charge in [0.15, 0.2) is 0 Å². The molecule has 142 valence electrons. The number of thioether (sulfide) groups is 1. The van der Waals surface area contributed by atoms with Crippen LogP contribution < -0.4 is 5.43 Å². The lowest BCUT2D eigenvalue weighted by atomic mass is 10.1. The van der Waals surface area contributed by atoms with Crippen LogP contribution in [-0.4, -0.2) is 11.6 Å². The average Bonchev–Trinajstić information content (AvgIpc) is 2.73. The molecule has 0 unspecified atom stereocenters. The second-order valence-corrected chi connectivity index (χ2v) is 7.31. The number of nitrogens with one attached hydrogen (secondary N) is 1. The zero-order valence-corrected chi connectivity index (χ0v) is 16.4. The fourth-order valence-electron chi connectivity index (χ4n) is 2.57. The van der Waals surface area contributed by atoms with Crippen molar-refractivity contribution >= 4 is 23.4 Å². The van der Waals surface area contributed by atoms with Crippen LogP contribution >= 0.6 is 11.8 Å². The summed E-state index contributed by atoms with van der Waals surface area (Å²) in [5, 5.41) is 4.10. The topological polar surface area (TPSA) is 41.5 Å². The standard InChI is InChI=1S/C23H21FN2OS/c1-17(20-11-13-22(24)14-12-20)25-26-23(27)21-9-7-19(8-10-21)16-28-15-18-5-3-2-4-6-18/h2-14H,15-16H2,1H3,(H,26,27)/b25-17-. The first kappa shape index (κ1) is 19.8. The van der Waals surface area contributed by atoms with Gasteiger partial charge in [0, 0.05) is 17.1 Å². The number of carbonyl (C=O) groups is 1. The third-order valence-corrected chi connectivity index (χ3v) is 5.26. The Balaban J connectivity index is 1.51. The number of rotatable bonds is 7. The number of halogens is 1. The summed E-state index contributed by atoms with van der Waals surface area (Å²) in [6.07, 6.45) is 0. The highest BCUT2D eigenvalue weighted by atomic mass is 32.2. The van der Waals surface area contributed by atoms with E-state index in [1.165, 1.54) is 23.3 Å². The molecular formula is C23H21FN2OS. The van der Waals surface area contributed by atoms with E-state index in [0.29, 0.717) is 11.3 Å². The van der Waals surface area contributed by atoms with Gasteiger partial charge in [-0.2, -0.15) is 16.9 Å². The number of hydrogen-bond donors (Lipinski definition) is 1. The average molecular weight is 392 g/mol. The van der Waals surface area contributed by atoms with Crippen molar-refractivity contribution in [2.75, 3.05) is 0 Å². The third kappa shape index (κ3) is 5.79. The summed E-state index contributed by atoms with van der Waals surface area (Å²) in [7, 11) is 0. The van der Waals surface area contributed by atoms with E-state index in [-0.39, 0.29) is 11.7 Å². The summed E-state index contributed by atoms with van der Waals surface area (Å²) in [5.74, 6) is 1.27. The van der Waals surface area contributed by atoms with Gasteiger partial charge in [-0.3, -0.25) is 4.79 Å². The first-order valence-electron chi connectivity index (χ1n) is 8.93. The highest BCUT2D eigenvalue weighted by Crippen LogP contribution is 2.18. The number of amides is 1. The fraction of sp³-hybridized carbons (Fsp3) is 0.130. The van der Waals surface area contributed by atoms with E-state index in [4.69, 9.17) is 0 Å². The van der Waals surface area contributed by atoms with Crippen LogP contribution in [0.5, 0.6) is 0 Å². The largest absolute Gasteiger partial charge is 0.271 e. The highest BCUT2D eigenvalue weighted by Gasteiger charge is 2.05. The Morgan fingerprint density at radius 3 is 2.07 bits per heavy atom. The summed E-state index contributed by atoms with van der Waals surface area (Å²) in [6.45, 7) is 1.76. The Kier molecular flexibility index (Phi) is 6.98. The van der Waals surface area contributed by atoms with E-state index >= 15 is 0 Å². The first-order chi connectivity index (χ1) is 13.6. The lowest BCUT2D eigenvalue weighted by Crippen LogP contribution is -2.19. The van der Waals surface area contributed by atoms with Crippen molar-refractivity contribution < 1.29 is 9.18 Å². The lowest BCUT2D eigenvalue weighted by Gasteiger charge is -2.05. The third-order valence-electron chi connectivity index (χ3n) is 4.18. The van der Waals surface area contributed by atoms with Crippen molar-refractivity contribution in [2.24, 2.45) is 5.10 Å². The van der Waals surface area contributed by atoms with E-state index in [2.05, 4.69) is 22.7 Å². The van der Waals surface area contributed by atoms with Gasteiger partial charge in [-0.25, -0.2) is 9.82 Å². The zero-order valence-electron chi connectivity index (χ0n) is 15.6. The van der Waals surface area contributed by atoms with Gasteiger partial charge in [0.2, 0.25) is 0 Å². The lowest BCUT2D eigenvalue weighted by molar-refractivity contribution is 0.0955. The molecule has 3 aromatic carbocycles. The van der Waals surface area contributed by atoms with Crippen LogP contribution in [-0.2, 0) is 11.5 Å². The van der Waals surface area contributed by atoms with Crippen LogP contribution in [0.15, 0.2) is 84.0 Å². The maximum Gasteiger partial charge on any atom is 0.271 e. The molecule has 1 amide bonds. The molecule has 0 aliphatic carbocycles. The van der Waals surface area contributed by atoms with Crippen molar-refractivity contribution in [3.63, 3.8) is 0 Å². The molecule has 0 aliphatic rings. The van der Waals surface area contributed by atoms with Gasteiger partial charge in [-0.05, 0) is 47.9 Å². The molecule has 0 aromatic heterocycles. The minimum Gasteiger partial charge on any atom is -0.267 e. The van der Waals surface area contributed by atoms with Crippen LogP contribution in [0.4, 0.5) is 4.39 Å². The number of carbonyl (C=O) groups excluding carboxylic acids is 1. The van der Waals surface area contributed by atoms with Crippen LogP contribution in [0.2, 0.25) is 0 Å². The molecular weight excluding hydrogens is 371 g/mol.